The third-order valence-electron chi connectivity index (χ3n) is 4.26. The van der Waals surface area contributed by atoms with Gasteiger partial charge in [-0.05, 0) is 39.1 Å². The molecule has 0 atom stereocenters. The van der Waals surface area contributed by atoms with Crippen LogP contribution in [-0.2, 0) is 6.54 Å². The number of hydrogen-bond donors (Lipinski definition) is 1. The molecule has 0 spiro atoms. The lowest BCUT2D eigenvalue weighted by Crippen LogP contribution is -2.52. The Bertz CT molecular complexity index is 438. The van der Waals surface area contributed by atoms with Crippen molar-refractivity contribution in [3.05, 3.63) is 21.9 Å². The van der Waals surface area contributed by atoms with Crippen molar-refractivity contribution in [3.63, 3.8) is 0 Å². The quantitative estimate of drug-likeness (QED) is 0.899. The zero-order valence-electron chi connectivity index (χ0n) is 11.9. The Morgan fingerprint density at radius 2 is 2.05 bits per heavy atom. The van der Waals surface area contributed by atoms with Crippen molar-refractivity contribution in [1.29, 1.82) is 5.26 Å². The van der Waals surface area contributed by atoms with Crippen molar-refractivity contribution in [3.8, 4) is 6.07 Å². The van der Waals surface area contributed by atoms with E-state index in [1.54, 1.807) is 11.3 Å². The van der Waals surface area contributed by atoms with E-state index >= 15 is 0 Å². The summed E-state index contributed by atoms with van der Waals surface area (Å²) >= 11 is 1.59. The Kier molecular flexibility index (Phi) is 4.98. The Morgan fingerprint density at radius 1 is 1.32 bits per heavy atom. The van der Waals surface area contributed by atoms with Gasteiger partial charge < -0.3 is 10.2 Å². The largest absolute Gasteiger partial charge is 0.310 e. The molecule has 1 aliphatic carbocycles. The molecule has 0 aliphatic heterocycles. The second-order valence-electron chi connectivity index (χ2n) is 5.66. The molecule has 0 unspecified atom stereocenters. The topological polar surface area (TPSA) is 39.1 Å². The summed E-state index contributed by atoms with van der Waals surface area (Å²) in [5, 5.41) is 12.4. The summed E-state index contributed by atoms with van der Waals surface area (Å²) in [5.74, 6) is 0. The van der Waals surface area contributed by atoms with Crippen LogP contribution in [0.25, 0.3) is 0 Å². The molecule has 4 heteroatoms. The minimum atomic E-state index is 0.327. The number of nitrogens with zero attached hydrogens (tertiary/aromatic N) is 2. The van der Waals surface area contributed by atoms with Crippen LogP contribution in [0, 0.1) is 11.3 Å². The van der Waals surface area contributed by atoms with Crippen molar-refractivity contribution >= 4 is 11.3 Å². The fourth-order valence-corrected chi connectivity index (χ4v) is 3.72. The van der Waals surface area contributed by atoms with E-state index in [4.69, 9.17) is 5.26 Å². The van der Waals surface area contributed by atoms with Gasteiger partial charge in [-0.2, -0.15) is 5.26 Å². The molecule has 19 heavy (non-hydrogen) atoms. The standard InChI is InChI=1S/C15H23N3S/c1-18(2)15(8-4-3-5-9-15)12-17-11-14-7-6-13(10-16)19-14/h6-7,17H,3-5,8-9,11-12H2,1-2H3. The second-order valence-corrected chi connectivity index (χ2v) is 6.83. The molecule has 0 amide bonds. The lowest BCUT2D eigenvalue weighted by atomic mass is 9.80. The zero-order chi connectivity index (χ0) is 13.7. The van der Waals surface area contributed by atoms with E-state index in [1.807, 2.05) is 6.07 Å². The third-order valence-corrected chi connectivity index (χ3v) is 5.25. The molecule has 1 aromatic rings. The van der Waals surface area contributed by atoms with E-state index in [9.17, 15) is 0 Å². The van der Waals surface area contributed by atoms with Gasteiger partial charge in [0.15, 0.2) is 0 Å². The number of thiophene rings is 1. The van der Waals surface area contributed by atoms with Crippen molar-refractivity contribution < 1.29 is 0 Å². The molecular weight excluding hydrogens is 254 g/mol. The fraction of sp³-hybridized carbons (Fsp3) is 0.667. The molecule has 104 valence electrons. The highest BCUT2D eigenvalue weighted by molar-refractivity contribution is 7.12. The molecule has 1 aromatic heterocycles. The molecular formula is C15H23N3S. The van der Waals surface area contributed by atoms with Gasteiger partial charge in [-0.1, -0.05) is 19.3 Å². The number of rotatable bonds is 5. The van der Waals surface area contributed by atoms with Gasteiger partial charge in [0.25, 0.3) is 0 Å². The molecule has 1 N–H and O–H groups in total. The first-order valence-electron chi connectivity index (χ1n) is 7.03. The van der Waals surface area contributed by atoms with E-state index in [1.165, 1.54) is 37.0 Å². The number of nitrogens with one attached hydrogen (secondary N) is 1. The van der Waals surface area contributed by atoms with E-state index in [-0.39, 0.29) is 0 Å². The van der Waals surface area contributed by atoms with Gasteiger partial charge in [-0.25, -0.2) is 0 Å². The van der Waals surface area contributed by atoms with Crippen LogP contribution in [0.4, 0.5) is 0 Å². The summed E-state index contributed by atoms with van der Waals surface area (Å²) in [5.41, 5.74) is 0.327. The zero-order valence-corrected chi connectivity index (χ0v) is 12.7. The van der Waals surface area contributed by atoms with Crippen LogP contribution in [0.2, 0.25) is 0 Å². The van der Waals surface area contributed by atoms with Gasteiger partial charge in [0.1, 0.15) is 10.9 Å². The highest BCUT2D eigenvalue weighted by Crippen LogP contribution is 2.31. The van der Waals surface area contributed by atoms with E-state index in [0.29, 0.717) is 5.54 Å². The molecule has 1 heterocycles. The summed E-state index contributed by atoms with van der Waals surface area (Å²) in [4.78, 5) is 4.45. The Balaban J connectivity index is 1.87. The average molecular weight is 277 g/mol. The minimum absolute atomic E-state index is 0.327. The summed E-state index contributed by atoms with van der Waals surface area (Å²) in [6, 6.07) is 6.16. The first kappa shape index (κ1) is 14.5. The van der Waals surface area contributed by atoms with Crippen LogP contribution in [0.1, 0.15) is 41.9 Å². The average Bonchev–Trinajstić information content (AvgIpc) is 2.87. The SMILES string of the molecule is CN(C)C1(CNCc2ccc(C#N)s2)CCCCC1. The Hall–Kier alpha value is -0.890. The maximum Gasteiger partial charge on any atom is 0.110 e. The summed E-state index contributed by atoms with van der Waals surface area (Å²) < 4.78 is 0. The lowest BCUT2D eigenvalue weighted by Gasteiger charge is -2.43. The number of nitriles is 1. The van der Waals surface area contributed by atoms with Crippen molar-refractivity contribution in [2.75, 3.05) is 20.6 Å². The van der Waals surface area contributed by atoms with Crippen LogP contribution in [0.5, 0.6) is 0 Å². The summed E-state index contributed by atoms with van der Waals surface area (Å²) in [7, 11) is 4.40. The summed E-state index contributed by atoms with van der Waals surface area (Å²) in [6.45, 7) is 1.92. The highest BCUT2D eigenvalue weighted by atomic mass is 32.1. The van der Waals surface area contributed by atoms with Crippen LogP contribution < -0.4 is 5.32 Å². The second kappa shape index (κ2) is 6.51. The predicted molar refractivity (Wildman–Crippen MR) is 80.2 cm³/mol. The van der Waals surface area contributed by atoms with Crippen molar-refractivity contribution in [2.24, 2.45) is 0 Å². The normalized spacial score (nSPS) is 18.4. The molecule has 2 rings (SSSR count). The molecule has 3 nitrogen and oxygen atoms in total. The van der Waals surface area contributed by atoms with E-state index in [2.05, 4.69) is 36.4 Å². The van der Waals surface area contributed by atoms with Gasteiger partial charge in [-0.15, -0.1) is 11.3 Å². The van der Waals surface area contributed by atoms with Gasteiger partial charge in [0, 0.05) is 23.5 Å². The number of hydrogen-bond acceptors (Lipinski definition) is 4. The first-order valence-corrected chi connectivity index (χ1v) is 7.85. The van der Waals surface area contributed by atoms with E-state index in [0.717, 1.165) is 18.0 Å². The molecule has 0 radical (unpaired) electrons. The van der Waals surface area contributed by atoms with Crippen LogP contribution in [0.3, 0.4) is 0 Å². The molecule has 0 bridgehead atoms. The van der Waals surface area contributed by atoms with Crippen molar-refractivity contribution in [2.45, 2.75) is 44.2 Å². The molecule has 1 aliphatic rings. The van der Waals surface area contributed by atoms with Gasteiger partial charge in [0.2, 0.25) is 0 Å². The predicted octanol–water partition coefficient (Wildman–Crippen LogP) is 2.97. The highest BCUT2D eigenvalue weighted by Gasteiger charge is 2.33. The molecule has 1 fully saturated rings. The monoisotopic (exact) mass is 277 g/mol. The molecule has 0 aromatic carbocycles. The Morgan fingerprint density at radius 3 is 2.63 bits per heavy atom. The first-order chi connectivity index (χ1) is 9.16. The number of likely N-dealkylation sites (N-methyl/N-ethyl adjacent to an activating group) is 1. The maximum atomic E-state index is 8.83. The van der Waals surface area contributed by atoms with Crippen LogP contribution in [0.15, 0.2) is 12.1 Å². The maximum absolute atomic E-state index is 8.83. The summed E-state index contributed by atoms with van der Waals surface area (Å²) in [6.07, 6.45) is 6.66. The lowest BCUT2D eigenvalue weighted by molar-refractivity contribution is 0.0985. The van der Waals surface area contributed by atoms with Crippen LogP contribution >= 0.6 is 11.3 Å². The molecule has 1 saturated carbocycles. The Labute approximate surface area is 120 Å². The smallest absolute Gasteiger partial charge is 0.110 e. The molecule has 0 saturated heterocycles. The van der Waals surface area contributed by atoms with Crippen molar-refractivity contribution in [1.82, 2.24) is 10.2 Å². The minimum Gasteiger partial charge on any atom is -0.310 e. The van der Waals surface area contributed by atoms with Gasteiger partial charge >= 0.3 is 0 Å². The van der Waals surface area contributed by atoms with Gasteiger partial charge in [-0.3, -0.25) is 0 Å². The van der Waals surface area contributed by atoms with E-state index < -0.39 is 0 Å². The third kappa shape index (κ3) is 3.56. The van der Waals surface area contributed by atoms with Crippen LogP contribution in [-0.4, -0.2) is 31.1 Å². The van der Waals surface area contributed by atoms with Gasteiger partial charge in [0.05, 0.1) is 0 Å². The fourth-order valence-electron chi connectivity index (χ4n) is 2.94.